The third-order valence-corrected chi connectivity index (χ3v) is 4.37. The van der Waals surface area contributed by atoms with Crippen LogP contribution in [0.25, 0.3) is 0 Å². The molecule has 0 fully saturated rings. The second-order valence-corrected chi connectivity index (χ2v) is 6.67. The zero-order chi connectivity index (χ0) is 18.0. The Morgan fingerprint density at radius 1 is 0.625 bits per heavy atom. The van der Waals surface area contributed by atoms with Crippen molar-refractivity contribution in [2.75, 3.05) is 39.4 Å². The van der Waals surface area contributed by atoms with E-state index in [-0.39, 0.29) is 25.6 Å². The van der Waals surface area contributed by atoms with Crippen molar-refractivity contribution < 1.29 is 32.2 Å². The van der Waals surface area contributed by atoms with Gasteiger partial charge in [-0.05, 0) is 25.7 Å². The first-order valence-corrected chi connectivity index (χ1v) is 9.80. The van der Waals surface area contributed by atoms with Crippen LogP contribution in [-0.4, -0.2) is 65.3 Å². The van der Waals surface area contributed by atoms with Crippen molar-refractivity contribution in [3.63, 3.8) is 0 Å². The second kappa shape index (κ2) is 21.2. The Hall–Kier alpha value is 0.130. The number of quaternary nitrogens is 1. The molecule has 0 aliphatic rings. The lowest BCUT2D eigenvalue weighted by molar-refractivity contribution is -0.929. The fraction of sp³-hybridized carbons (Fsp3) is 1.00. The third kappa shape index (κ3) is 17.0. The van der Waals surface area contributed by atoms with Crippen LogP contribution < -0.4 is 12.4 Å². The molecule has 0 aliphatic heterocycles. The van der Waals surface area contributed by atoms with Crippen LogP contribution in [0.5, 0.6) is 0 Å². The maximum absolute atomic E-state index is 8.17. The zero-order valence-corrected chi connectivity index (χ0v) is 17.4. The number of nitrogens with zero attached hydrogens (tertiary/aromatic N) is 1. The number of rotatable bonds is 14. The largest absolute Gasteiger partial charge is 1.00 e. The van der Waals surface area contributed by atoms with Crippen molar-refractivity contribution in [3.05, 3.63) is 0 Å². The predicted molar refractivity (Wildman–Crippen MR) is 99.5 cm³/mol. The molecule has 0 bridgehead atoms. The van der Waals surface area contributed by atoms with Crippen LogP contribution in [0.4, 0.5) is 0 Å². The molecule has 0 saturated heterocycles. The van der Waals surface area contributed by atoms with Crippen LogP contribution in [0.1, 0.15) is 79.1 Å². The summed E-state index contributed by atoms with van der Waals surface area (Å²) in [4.78, 5) is 0. The van der Waals surface area contributed by atoms with Crippen LogP contribution >= 0.6 is 0 Å². The van der Waals surface area contributed by atoms with Crippen molar-refractivity contribution in [1.82, 2.24) is 0 Å². The van der Waals surface area contributed by atoms with E-state index in [9.17, 15) is 0 Å². The van der Waals surface area contributed by atoms with E-state index >= 15 is 0 Å². The third-order valence-electron chi connectivity index (χ3n) is 4.37. The molecule has 3 N–H and O–H groups in total. The highest BCUT2D eigenvalue weighted by atomic mass is 35.5. The van der Waals surface area contributed by atoms with Gasteiger partial charge in [0.2, 0.25) is 0 Å². The summed E-state index contributed by atoms with van der Waals surface area (Å²) in [5.41, 5.74) is 0. The maximum Gasteiger partial charge on any atom is 0.100 e. The molecular formula is C19H44ClNO3. The fourth-order valence-electron chi connectivity index (χ4n) is 2.70. The molecule has 0 unspecified atom stereocenters. The van der Waals surface area contributed by atoms with Gasteiger partial charge >= 0.3 is 0 Å². The molecule has 0 spiro atoms. The SMILES string of the molecule is CCCC[N+](CCCC)(CCCC)CCCC.OCC(O)CO.[Cl-]. The van der Waals surface area contributed by atoms with Crippen molar-refractivity contribution in [1.29, 1.82) is 0 Å². The highest BCUT2D eigenvalue weighted by Crippen LogP contribution is 2.16. The summed E-state index contributed by atoms with van der Waals surface area (Å²) in [5, 5.41) is 24.0. The first-order chi connectivity index (χ1) is 11.1. The standard InChI is InChI=1S/C16H36N.C3H8O3.ClH/c1-5-9-13-17(14-10-6-2,15-11-7-3)16-12-8-4;4-1-3(6)2-5;/h5-16H2,1-4H3;3-6H,1-2H2;1H/q+1;;/p-1. The van der Waals surface area contributed by atoms with E-state index < -0.39 is 6.10 Å². The van der Waals surface area contributed by atoms with Crippen LogP contribution in [0.15, 0.2) is 0 Å². The van der Waals surface area contributed by atoms with Gasteiger partial charge in [-0.15, -0.1) is 0 Å². The molecule has 0 amide bonds. The number of unbranched alkanes of at least 4 members (excludes halogenated alkanes) is 4. The average Bonchev–Trinajstić information content (AvgIpc) is 2.60. The minimum absolute atomic E-state index is 0. The lowest BCUT2D eigenvalue weighted by Gasteiger charge is -2.39. The van der Waals surface area contributed by atoms with Crippen LogP contribution in [0.3, 0.4) is 0 Å². The van der Waals surface area contributed by atoms with E-state index in [2.05, 4.69) is 27.7 Å². The monoisotopic (exact) mass is 369 g/mol. The maximum atomic E-state index is 8.17. The van der Waals surface area contributed by atoms with E-state index in [1.165, 1.54) is 82.0 Å². The summed E-state index contributed by atoms with van der Waals surface area (Å²) in [7, 11) is 0. The van der Waals surface area contributed by atoms with E-state index in [4.69, 9.17) is 15.3 Å². The highest BCUT2D eigenvalue weighted by molar-refractivity contribution is 4.49. The van der Waals surface area contributed by atoms with Gasteiger partial charge in [-0.1, -0.05) is 53.4 Å². The first kappa shape index (κ1) is 28.9. The Bertz CT molecular complexity index is 189. The van der Waals surface area contributed by atoms with Crippen molar-refractivity contribution in [2.45, 2.75) is 85.2 Å². The van der Waals surface area contributed by atoms with Crippen molar-refractivity contribution in [2.24, 2.45) is 0 Å². The van der Waals surface area contributed by atoms with Crippen molar-refractivity contribution >= 4 is 0 Å². The topological polar surface area (TPSA) is 60.7 Å². The van der Waals surface area contributed by atoms with Gasteiger partial charge in [-0.25, -0.2) is 0 Å². The Labute approximate surface area is 157 Å². The summed E-state index contributed by atoms with van der Waals surface area (Å²) in [6.45, 7) is 14.3. The molecule has 0 aromatic heterocycles. The number of aliphatic hydroxyl groups excluding tert-OH is 3. The first-order valence-electron chi connectivity index (χ1n) is 9.80. The molecule has 5 heteroatoms. The van der Waals surface area contributed by atoms with Gasteiger partial charge in [0.25, 0.3) is 0 Å². The Kier molecular flexibility index (Phi) is 25.5. The van der Waals surface area contributed by atoms with Gasteiger partial charge in [-0.3, -0.25) is 0 Å². The van der Waals surface area contributed by atoms with Crippen molar-refractivity contribution in [3.8, 4) is 0 Å². The molecular weight excluding hydrogens is 326 g/mol. The quantitative estimate of drug-likeness (QED) is 0.387. The summed E-state index contributed by atoms with van der Waals surface area (Å²) in [6, 6.07) is 0. The molecule has 0 rings (SSSR count). The zero-order valence-electron chi connectivity index (χ0n) is 16.6. The molecule has 0 saturated carbocycles. The fourth-order valence-corrected chi connectivity index (χ4v) is 2.70. The lowest BCUT2D eigenvalue weighted by atomic mass is 10.1. The highest BCUT2D eigenvalue weighted by Gasteiger charge is 2.24. The molecule has 0 atom stereocenters. The summed E-state index contributed by atoms with van der Waals surface area (Å²) in [6.07, 6.45) is 10.1. The van der Waals surface area contributed by atoms with E-state index in [0.29, 0.717) is 0 Å². The van der Waals surface area contributed by atoms with Crippen LogP contribution in [0, 0.1) is 0 Å². The molecule has 4 nitrogen and oxygen atoms in total. The minimum Gasteiger partial charge on any atom is -1.00 e. The molecule has 0 aromatic rings. The Balaban J connectivity index is -0.000000538. The van der Waals surface area contributed by atoms with Gasteiger partial charge in [0.05, 0.1) is 39.4 Å². The van der Waals surface area contributed by atoms with Gasteiger partial charge in [0.1, 0.15) is 6.10 Å². The number of hydrogen-bond acceptors (Lipinski definition) is 3. The summed E-state index contributed by atoms with van der Waals surface area (Å²) >= 11 is 0. The second-order valence-electron chi connectivity index (χ2n) is 6.67. The smallest absolute Gasteiger partial charge is 0.100 e. The summed E-state index contributed by atoms with van der Waals surface area (Å²) in [5.74, 6) is 0. The normalized spacial score (nSPS) is 11.0. The number of hydrogen-bond donors (Lipinski definition) is 3. The molecule has 150 valence electrons. The van der Waals surface area contributed by atoms with E-state index in [1.807, 2.05) is 0 Å². The van der Waals surface area contributed by atoms with Crippen LogP contribution in [0.2, 0.25) is 0 Å². The molecule has 0 radical (unpaired) electrons. The van der Waals surface area contributed by atoms with E-state index in [0.717, 1.165) is 0 Å². The van der Waals surface area contributed by atoms with Gasteiger partial charge < -0.3 is 32.2 Å². The van der Waals surface area contributed by atoms with Crippen LogP contribution in [-0.2, 0) is 0 Å². The van der Waals surface area contributed by atoms with E-state index in [1.54, 1.807) is 0 Å². The molecule has 0 aliphatic carbocycles. The number of aliphatic hydroxyl groups is 3. The Morgan fingerprint density at radius 3 is 1.00 bits per heavy atom. The van der Waals surface area contributed by atoms with Gasteiger partial charge in [-0.2, -0.15) is 0 Å². The lowest BCUT2D eigenvalue weighted by Crippen LogP contribution is -3.00. The predicted octanol–water partition coefficient (Wildman–Crippen LogP) is 0.340. The molecule has 24 heavy (non-hydrogen) atoms. The summed E-state index contributed by atoms with van der Waals surface area (Å²) < 4.78 is 1.42. The Morgan fingerprint density at radius 2 is 0.875 bits per heavy atom. The average molecular weight is 370 g/mol. The van der Waals surface area contributed by atoms with Gasteiger partial charge in [0.15, 0.2) is 0 Å². The number of halogens is 1. The van der Waals surface area contributed by atoms with Gasteiger partial charge in [0, 0.05) is 0 Å². The minimum atomic E-state index is -0.954. The molecule has 0 aromatic carbocycles. The molecule has 0 heterocycles.